The Morgan fingerprint density at radius 2 is 1.92 bits per heavy atom. The molecular weight excluding hydrogens is 356 g/mol. The van der Waals surface area contributed by atoms with Gasteiger partial charge in [-0.2, -0.15) is 0 Å². The summed E-state index contributed by atoms with van der Waals surface area (Å²) in [5.74, 6) is -0.342. The zero-order valence-electron chi connectivity index (χ0n) is 15.1. The monoisotopic (exact) mass is 378 g/mol. The van der Waals surface area contributed by atoms with Crippen LogP contribution in [0.2, 0.25) is 0 Å². The van der Waals surface area contributed by atoms with E-state index in [2.05, 4.69) is 10.6 Å². The third-order valence-corrected chi connectivity index (χ3v) is 4.04. The predicted molar refractivity (Wildman–Crippen MR) is 99.5 cm³/mol. The molecule has 140 valence electrons. The molecule has 0 aliphatic carbocycles. The van der Waals surface area contributed by atoms with Gasteiger partial charge in [-0.15, -0.1) is 0 Å². The van der Waals surface area contributed by atoms with Gasteiger partial charge in [0.05, 0.1) is 25.3 Å². The van der Waals surface area contributed by atoms with Crippen LogP contribution in [-0.4, -0.2) is 36.9 Å². The molecule has 8 heteroatoms. The fourth-order valence-corrected chi connectivity index (χ4v) is 2.85. The quantitative estimate of drug-likeness (QED) is 0.574. The van der Waals surface area contributed by atoms with Crippen molar-refractivity contribution in [3.63, 3.8) is 0 Å². The Labute approximate surface area is 157 Å². The number of esters is 2. The van der Waals surface area contributed by atoms with Gasteiger partial charge < -0.3 is 24.8 Å². The van der Waals surface area contributed by atoms with Crippen molar-refractivity contribution in [2.45, 2.75) is 32.9 Å². The number of benzene rings is 1. The van der Waals surface area contributed by atoms with Crippen LogP contribution in [0.3, 0.4) is 0 Å². The molecule has 1 aliphatic rings. The summed E-state index contributed by atoms with van der Waals surface area (Å²) in [7, 11) is 1.33. The van der Waals surface area contributed by atoms with Gasteiger partial charge in [-0.3, -0.25) is 0 Å². The smallest absolute Gasteiger partial charge is 0.347 e. The standard InChI is InChI=1S/C18H22N2O5S/c1-5-24-16(21)11(3)25-13-8-6-12(7-9-13)15-14(17(22)23-4)10(2)19-18(26)20-15/h6-9,11,15H,5H2,1-4H3,(H2,19,20,26)/t11-,15-/m1/s1. The maximum absolute atomic E-state index is 12.1. The lowest BCUT2D eigenvalue weighted by atomic mass is 9.95. The van der Waals surface area contributed by atoms with E-state index in [9.17, 15) is 9.59 Å². The molecule has 2 N–H and O–H groups in total. The van der Waals surface area contributed by atoms with E-state index >= 15 is 0 Å². The van der Waals surface area contributed by atoms with Gasteiger partial charge in [0.1, 0.15) is 5.75 Å². The minimum absolute atomic E-state index is 0.300. The van der Waals surface area contributed by atoms with Crippen molar-refractivity contribution < 1.29 is 23.8 Å². The highest BCUT2D eigenvalue weighted by molar-refractivity contribution is 7.80. The molecule has 1 aromatic carbocycles. The molecule has 0 spiro atoms. The molecule has 0 fully saturated rings. The highest BCUT2D eigenvalue weighted by atomic mass is 32.1. The summed E-state index contributed by atoms with van der Waals surface area (Å²) >= 11 is 5.19. The molecule has 1 heterocycles. The van der Waals surface area contributed by atoms with Gasteiger partial charge in [0, 0.05) is 5.70 Å². The van der Waals surface area contributed by atoms with E-state index in [1.54, 1.807) is 45.0 Å². The maximum Gasteiger partial charge on any atom is 0.347 e. The Kier molecular flexibility index (Phi) is 6.57. The molecule has 2 atom stereocenters. The first-order valence-corrected chi connectivity index (χ1v) is 8.58. The molecular formula is C18H22N2O5S. The summed E-state index contributed by atoms with van der Waals surface area (Å²) in [6, 6.07) is 6.61. The number of hydrogen-bond acceptors (Lipinski definition) is 6. The molecule has 0 amide bonds. The van der Waals surface area contributed by atoms with Gasteiger partial charge in [0.15, 0.2) is 11.2 Å². The summed E-state index contributed by atoms with van der Waals surface area (Å²) in [4.78, 5) is 23.8. The molecule has 0 unspecified atom stereocenters. The van der Waals surface area contributed by atoms with Gasteiger partial charge >= 0.3 is 11.9 Å². The average Bonchev–Trinajstić information content (AvgIpc) is 2.61. The topological polar surface area (TPSA) is 85.9 Å². The molecule has 0 bridgehead atoms. The summed E-state index contributed by atoms with van der Waals surface area (Å²) in [5, 5.41) is 6.43. The molecule has 0 radical (unpaired) electrons. The van der Waals surface area contributed by atoms with E-state index in [-0.39, 0.29) is 0 Å². The molecule has 0 saturated carbocycles. The van der Waals surface area contributed by atoms with Crippen molar-refractivity contribution in [2.75, 3.05) is 13.7 Å². The maximum atomic E-state index is 12.1. The first kappa shape index (κ1) is 19.7. The van der Waals surface area contributed by atoms with Crippen molar-refractivity contribution in [3.05, 3.63) is 41.1 Å². The first-order chi connectivity index (χ1) is 12.4. The van der Waals surface area contributed by atoms with Gasteiger partial charge in [0.25, 0.3) is 0 Å². The van der Waals surface area contributed by atoms with E-state index in [1.165, 1.54) is 7.11 Å². The van der Waals surface area contributed by atoms with Crippen LogP contribution < -0.4 is 15.4 Å². The zero-order chi connectivity index (χ0) is 19.3. The Bertz CT molecular complexity index is 730. The van der Waals surface area contributed by atoms with Crippen molar-refractivity contribution >= 4 is 29.3 Å². The van der Waals surface area contributed by atoms with Crippen LogP contribution in [0.4, 0.5) is 0 Å². The van der Waals surface area contributed by atoms with Gasteiger partial charge in [-0.25, -0.2) is 9.59 Å². The SMILES string of the molecule is CCOC(=O)[C@@H](C)Oc1ccc([C@H]2NC(=S)NC(C)=C2C(=O)OC)cc1. The van der Waals surface area contributed by atoms with E-state index in [1.807, 2.05) is 0 Å². The third-order valence-electron chi connectivity index (χ3n) is 3.82. The van der Waals surface area contributed by atoms with Crippen molar-refractivity contribution in [1.82, 2.24) is 10.6 Å². The fraction of sp³-hybridized carbons (Fsp3) is 0.389. The van der Waals surface area contributed by atoms with Crippen molar-refractivity contribution in [1.29, 1.82) is 0 Å². The number of methoxy groups -OCH3 is 1. The number of allylic oxidation sites excluding steroid dienone is 1. The van der Waals surface area contributed by atoms with Gasteiger partial charge in [0.2, 0.25) is 0 Å². The van der Waals surface area contributed by atoms with E-state index in [4.69, 9.17) is 26.4 Å². The number of hydrogen-bond donors (Lipinski definition) is 2. The number of carbonyl (C=O) groups is 2. The average molecular weight is 378 g/mol. The van der Waals surface area contributed by atoms with Crippen LogP contribution in [-0.2, 0) is 19.1 Å². The summed E-state index contributed by atoms with van der Waals surface area (Å²) in [6.45, 7) is 5.43. The number of carbonyl (C=O) groups excluding carboxylic acids is 2. The first-order valence-electron chi connectivity index (χ1n) is 8.17. The van der Waals surface area contributed by atoms with Crippen molar-refractivity contribution in [3.8, 4) is 5.75 Å². The molecule has 26 heavy (non-hydrogen) atoms. The lowest BCUT2D eigenvalue weighted by Crippen LogP contribution is -2.45. The predicted octanol–water partition coefficient (Wildman–Crippen LogP) is 1.98. The Morgan fingerprint density at radius 3 is 2.50 bits per heavy atom. The number of thiocarbonyl (C=S) groups is 1. The summed E-state index contributed by atoms with van der Waals surface area (Å²) in [6.07, 6.45) is -0.710. The number of nitrogens with one attached hydrogen (secondary N) is 2. The second-order valence-electron chi connectivity index (χ2n) is 5.64. The van der Waals surface area contributed by atoms with E-state index in [0.29, 0.717) is 28.7 Å². The molecule has 7 nitrogen and oxygen atoms in total. The van der Waals surface area contributed by atoms with Crippen LogP contribution in [0.1, 0.15) is 32.4 Å². The molecule has 2 rings (SSSR count). The van der Waals surface area contributed by atoms with E-state index in [0.717, 1.165) is 5.56 Å². The summed E-state index contributed by atoms with van der Waals surface area (Å²) in [5.41, 5.74) is 1.90. The Morgan fingerprint density at radius 1 is 1.27 bits per heavy atom. The molecule has 1 aromatic rings. The van der Waals surface area contributed by atoms with Gasteiger partial charge in [-0.1, -0.05) is 12.1 Å². The highest BCUT2D eigenvalue weighted by Crippen LogP contribution is 2.29. The normalized spacial score (nSPS) is 17.7. The minimum atomic E-state index is -0.710. The molecule has 0 saturated heterocycles. The fourth-order valence-electron chi connectivity index (χ4n) is 2.58. The lowest BCUT2D eigenvalue weighted by Gasteiger charge is -2.29. The zero-order valence-corrected chi connectivity index (χ0v) is 15.9. The molecule has 1 aliphatic heterocycles. The Balaban J connectivity index is 2.20. The minimum Gasteiger partial charge on any atom is -0.479 e. The second-order valence-corrected chi connectivity index (χ2v) is 6.05. The number of ether oxygens (including phenoxy) is 3. The van der Waals surface area contributed by atoms with E-state index < -0.39 is 24.1 Å². The largest absolute Gasteiger partial charge is 0.479 e. The van der Waals surface area contributed by atoms with Crippen LogP contribution in [0.5, 0.6) is 5.75 Å². The van der Waals surface area contributed by atoms with Crippen LogP contribution >= 0.6 is 12.2 Å². The van der Waals surface area contributed by atoms with Crippen LogP contribution in [0, 0.1) is 0 Å². The number of rotatable bonds is 6. The van der Waals surface area contributed by atoms with Crippen molar-refractivity contribution in [2.24, 2.45) is 0 Å². The second kappa shape index (κ2) is 8.66. The Hall–Kier alpha value is -2.61. The lowest BCUT2D eigenvalue weighted by molar-refractivity contribution is -0.150. The van der Waals surface area contributed by atoms with Gasteiger partial charge in [-0.05, 0) is 50.7 Å². The van der Waals surface area contributed by atoms with Crippen LogP contribution in [0.25, 0.3) is 0 Å². The third kappa shape index (κ3) is 4.51. The molecule has 0 aromatic heterocycles. The van der Waals surface area contributed by atoms with Crippen LogP contribution in [0.15, 0.2) is 35.5 Å². The highest BCUT2D eigenvalue weighted by Gasteiger charge is 2.30. The summed E-state index contributed by atoms with van der Waals surface area (Å²) < 4.78 is 15.4.